The summed E-state index contributed by atoms with van der Waals surface area (Å²) < 4.78 is 22.8. The smallest absolute Gasteiger partial charge is 0.410 e. The maximum Gasteiger partial charge on any atom is 0.410 e. The van der Waals surface area contributed by atoms with Crippen molar-refractivity contribution in [3.8, 4) is 0 Å². The molecule has 2 atom stereocenters. The van der Waals surface area contributed by atoms with E-state index in [4.69, 9.17) is 14.4 Å². The van der Waals surface area contributed by atoms with Gasteiger partial charge in [-0.15, -0.1) is 0 Å². The quantitative estimate of drug-likeness (QED) is 0.721. The van der Waals surface area contributed by atoms with Crippen LogP contribution in [0.2, 0.25) is 0 Å². The highest BCUT2D eigenvalue weighted by Gasteiger charge is 2.40. The number of amides is 1. The number of imidazole rings is 1. The number of nitrogens with zero attached hydrogens (tertiary/aromatic N) is 4. The lowest BCUT2D eigenvalue weighted by Crippen LogP contribution is -2.60. The summed E-state index contributed by atoms with van der Waals surface area (Å²) >= 11 is 0. The maximum absolute atomic E-state index is 15.4. The molecule has 182 valence electrons. The highest BCUT2D eigenvalue weighted by molar-refractivity contribution is 5.80. The van der Waals surface area contributed by atoms with E-state index in [2.05, 4.69) is 31.4 Å². The summed E-state index contributed by atoms with van der Waals surface area (Å²) in [7, 11) is 0. The second-order valence-electron chi connectivity index (χ2n) is 10.7. The molecule has 1 amide bonds. The van der Waals surface area contributed by atoms with E-state index in [0.29, 0.717) is 49.4 Å². The maximum atomic E-state index is 15.4. The zero-order chi connectivity index (χ0) is 24.0. The van der Waals surface area contributed by atoms with Crippen LogP contribution in [-0.4, -0.2) is 58.4 Å². The Morgan fingerprint density at radius 2 is 1.97 bits per heavy atom. The normalized spacial score (nSPS) is 22.6. The first-order valence-electron chi connectivity index (χ1n) is 11.4. The van der Waals surface area contributed by atoms with Crippen molar-refractivity contribution in [2.45, 2.75) is 65.8 Å². The van der Waals surface area contributed by atoms with E-state index >= 15 is 4.39 Å². The minimum absolute atomic E-state index is 0.143. The lowest BCUT2D eigenvalue weighted by atomic mass is 9.84. The Bertz CT molecular complexity index is 1010. The van der Waals surface area contributed by atoms with Crippen LogP contribution in [0.25, 0.3) is 11.0 Å². The number of anilines is 1. The van der Waals surface area contributed by atoms with Crippen LogP contribution in [0.4, 0.5) is 14.9 Å². The highest BCUT2D eigenvalue weighted by atomic mass is 19.1. The number of nitrogens with one attached hydrogen (secondary N) is 1. The van der Waals surface area contributed by atoms with Crippen LogP contribution in [-0.2, 0) is 14.4 Å². The van der Waals surface area contributed by atoms with Crippen molar-refractivity contribution in [3.05, 3.63) is 24.3 Å². The molecule has 0 bridgehead atoms. The first-order chi connectivity index (χ1) is 15.4. The van der Waals surface area contributed by atoms with E-state index in [1.54, 1.807) is 21.9 Å². The van der Waals surface area contributed by atoms with Gasteiger partial charge in [0.1, 0.15) is 11.4 Å². The van der Waals surface area contributed by atoms with Gasteiger partial charge in [0, 0.05) is 32.1 Å². The second-order valence-corrected chi connectivity index (χ2v) is 10.7. The number of ether oxygens (including phenoxy) is 1. The molecule has 1 aromatic heterocycles. The highest BCUT2D eigenvalue weighted by Crippen LogP contribution is 2.34. The standard InChI is InChI=1S/C23H34FN5O4/c1-22(2,3)19-13-27(8-9-28(19)21(30)32-23(4,5)6)17-12-16-18(11-15(17)24)29(14-25-16)20-7-10-31-26-33-20/h11-12,14,19-20,26H,7-10,13H2,1-6H3. The number of rotatable bonds is 2. The Balaban J connectivity index is 1.59. The van der Waals surface area contributed by atoms with Gasteiger partial charge in [-0.3, -0.25) is 9.68 Å². The molecular formula is C23H34FN5O4. The molecule has 4 rings (SSSR count). The van der Waals surface area contributed by atoms with Crippen molar-refractivity contribution in [1.29, 1.82) is 0 Å². The summed E-state index contributed by atoms with van der Waals surface area (Å²) in [5.74, 6) is -0.331. The van der Waals surface area contributed by atoms with Crippen molar-refractivity contribution in [1.82, 2.24) is 20.1 Å². The molecule has 0 saturated carbocycles. The molecule has 0 spiro atoms. The van der Waals surface area contributed by atoms with E-state index in [1.165, 1.54) is 6.07 Å². The Morgan fingerprint density at radius 3 is 2.61 bits per heavy atom. The predicted octanol–water partition coefficient (Wildman–Crippen LogP) is 4.00. The van der Waals surface area contributed by atoms with Gasteiger partial charge in [0.2, 0.25) is 0 Å². The molecule has 0 radical (unpaired) electrons. The molecule has 2 unspecified atom stereocenters. The van der Waals surface area contributed by atoms with Crippen LogP contribution in [0.1, 0.15) is 54.2 Å². The Kier molecular flexibility index (Phi) is 6.28. The zero-order valence-electron chi connectivity index (χ0n) is 20.2. The van der Waals surface area contributed by atoms with Gasteiger partial charge in [-0.25, -0.2) is 14.2 Å². The number of hydrogen-bond donors (Lipinski definition) is 1. The number of fused-ring (bicyclic) bond motifs is 1. The fourth-order valence-electron chi connectivity index (χ4n) is 4.34. The average Bonchev–Trinajstić information content (AvgIpc) is 3.14. The van der Waals surface area contributed by atoms with E-state index < -0.39 is 5.60 Å². The molecule has 1 aromatic carbocycles. The number of carbonyl (C=O) groups excluding carboxylic acids is 1. The van der Waals surface area contributed by atoms with E-state index in [-0.39, 0.29) is 29.6 Å². The van der Waals surface area contributed by atoms with Crippen LogP contribution in [0, 0.1) is 11.2 Å². The topological polar surface area (TPSA) is 81.1 Å². The minimum atomic E-state index is -0.573. The van der Waals surface area contributed by atoms with Gasteiger partial charge < -0.3 is 19.1 Å². The van der Waals surface area contributed by atoms with Crippen LogP contribution in [0.3, 0.4) is 0 Å². The zero-order valence-corrected chi connectivity index (χ0v) is 20.2. The third-order valence-corrected chi connectivity index (χ3v) is 6.01. The van der Waals surface area contributed by atoms with Crippen LogP contribution < -0.4 is 10.5 Å². The van der Waals surface area contributed by atoms with Crippen molar-refractivity contribution in [2.24, 2.45) is 5.41 Å². The van der Waals surface area contributed by atoms with Gasteiger partial charge in [0.25, 0.3) is 0 Å². The molecule has 2 fully saturated rings. The number of benzene rings is 1. The molecular weight excluding hydrogens is 429 g/mol. The lowest BCUT2D eigenvalue weighted by molar-refractivity contribution is -0.259. The van der Waals surface area contributed by atoms with Gasteiger partial charge >= 0.3 is 6.09 Å². The first kappa shape index (κ1) is 23.7. The van der Waals surface area contributed by atoms with E-state index in [9.17, 15) is 4.79 Å². The molecule has 2 aliphatic heterocycles. The molecule has 0 aliphatic carbocycles. The fraction of sp³-hybridized carbons (Fsp3) is 0.652. The first-order valence-corrected chi connectivity index (χ1v) is 11.4. The van der Waals surface area contributed by atoms with Crippen molar-refractivity contribution < 1.29 is 23.6 Å². The molecule has 2 aromatic rings. The molecule has 1 N–H and O–H groups in total. The van der Waals surface area contributed by atoms with Gasteiger partial charge in [0.05, 0.1) is 35.7 Å². The summed E-state index contributed by atoms with van der Waals surface area (Å²) in [6.07, 6.45) is 1.63. The molecule has 2 aliphatic rings. The lowest BCUT2D eigenvalue weighted by Gasteiger charge is -2.47. The SMILES string of the molecule is CC(C)(C)OC(=O)N1CCN(c2cc3ncn(C4CCONO4)c3cc2F)CC1C(C)(C)C. The van der Waals surface area contributed by atoms with Gasteiger partial charge in [0.15, 0.2) is 6.23 Å². The fourth-order valence-corrected chi connectivity index (χ4v) is 4.34. The van der Waals surface area contributed by atoms with E-state index in [0.717, 1.165) is 0 Å². The van der Waals surface area contributed by atoms with Crippen LogP contribution >= 0.6 is 0 Å². The van der Waals surface area contributed by atoms with Crippen molar-refractivity contribution in [2.75, 3.05) is 31.1 Å². The molecule has 3 heterocycles. The Labute approximate surface area is 193 Å². The minimum Gasteiger partial charge on any atom is -0.444 e. The summed E-state index contributed by atoms with van der Waals surface area (Å²) in [5.41, 5.74) is 3.45. The van der Waals surface area contributed by atoms with Crippen molar-refractivity contribution in [3.63, 3.8) is 0 Å². The van der Waals surface area contributed by atoms with Gasteiger partial charge in [-0.2, -0.15) is 0 Å². The van der Waals surface area contributed by atoms with Crippen LogP contribution in [0.5, 0.6) is 0 Å². The summed E-state index contributed by atoms with van der Waals surface area (Å²) in [5, 5.41) is 0. The van der Waals surface area contributed by atoms with Crippen LogP contribution in [0.15, 0.2) is 18.5 Å². The Morgan fingerprint density at radius 1 is 1.21 bits per heavy atom. The summed E-state index contributed by atoms with van der Waals surface area (Å²) in [6, 6.07) is 3.13. The number of carbonyl (C=O) groups is 1. The van der Waals surface area contributed by atoms with Gasteiger partial charge in [-0.1, -0.05) is 26.4 Å². The third kappa shape index (κ3) is 5.07. The summed E-state index contributed by atoms with van der Waals surface area (Å²) in [6.45, 7) is 13.8. The number of aromatic nitrogens is 2. The van der Waals surface area contributed by atoms with Gasteiger partial charge in [-0.05, 0) is 32.3 Å². The number of halogens is 1. The monoisotopic (exact) mass is 463 g/mol. The molecule has 33 heavy (non-hydrogen) atoms. The molecule has 2 saturated heterocycles. The molecule has 9 nitrogen and oxygen atoms in total. The molecule has 10 heteroatoms. The van der Waals surface area contributed by atoms with Crippen molar-refractivity contribution >= 4 is 22.8 Å². The van der Waals surface area contributed by atoms with E-state index in [1.807, 2.05) is 25.7 Å². The number of hydrogen-bond acceptors (Lipinski definition) is 7. The average molecular weight is 464 g/mol. The summed E-state index contributed by atoms with van der Waals surface area (Å²) in [4.78, 5) is 31.5. The second kappa shape index (κ2) is 8.73. The number of piperazine rings is 1. The third-order valence-electron chi connectivity index (χ3n) is 6.01. The largest absolute Gasteiger partial charge is 0.444 e. The Hall–Kier alpha value is -2.43. The predicted molar refractivity (Wildman–Crippen MR) is 122 cm³/mol.